The van der Waals surface area contributed by atoms with Gasteiger partial charge in [0.15, 0.2) is 5.65 Å². The van der Waals surface area contributed by atoms with Gasteiger partial charge >= 0.3 is 0 Å². The fourth-order valence-electron chi connectivity index (χ4n) is 2.95. The number of hydrogen-bond acceptors (Lipinski definition) is 2. The standard InChI is InChI=1S/C14H17Cl2N3/c1-9(15)13-18-12-7-10(16)8-17-14(12)19(13)11-5-3-2-4-6-11/h7-9,11H,2-6H2,1H3. The molecule has 1 aliphatic carbocycles. The second-order valence-corrected chi connectivity index (χ2v) is 6.34. The zero-order chi connectivity index (χ0) is 13.4. The Morgan fingerprint density at radius 2 is 2.05 bits per heavy atom. The molecule has 0 radical (unpaired) electrons. The molecule has 102 valence electrons. The summed E-state index contributed by atoms with van der Waals surface area (Å²) in [6, 6.07) is 2.34. The van der Waals surface area contributed by atoms with Gasteiger partial charge in [-0.05, 0) is 25.8 Å². The van der Waals surface area contributed by atoms with Gasteiger partial charge in [-0.3, -0.25) is 0 Å². The van der Waals surface area contributed by atoms with E-state index in [0.29, 0.717) is 11.1 Å². The van der Waals surface area contributed by atoms with Crippen molar-refractivity contribution in [3.05, 3.63) is 23.1 Å². The maximum atomic E-state index is 6.29. The van der Waals surface area contributed by atoms with Gasteiger partial charge in [0.1, 0.15) is 11.3 Å². The summed E-state index contributed by atoms with van der Waals surface area (Å²) in [6.45, 7) is 1.96. The summed E-state index contributed by atoms with van der Waals surface area (Å²) >= 11 is 12.3. The van der Waals surface area contributed by atoms with Gasteiger partial charge in [0.2, 0.25) is 0 Å². The fourth-order valence-corrected chi connectivity index (χ4v) is 3.26. The first-order chi connectivity index (χ1) is 9.16. The number of alkyl halides is 1. The van der Waals surface area contributed by atoms with Crippen molar-refractivity contribution < 1.29 is 0 Å². The minimum atomic E-state index is -0.116. The Kier molecular flexibility index (Phi) is 3.68. The van der Waals surface area contributed by atoms with Crippen molar-refractivity contribution in [2.24, 2.45) is 0 Å². The number of aromatic nitrogens is 3. The van der Waals surface area contributed by atoms with Gasteiger partial charge in [-0.25, -0.2) is 9.97 Å². The lowest BCUT2D eigenvalue weighted by atomic mass is 9.95. The quantitative estimate of drug-likeness (QED) is 0.739. The molecule has 0 aromatic carbocycles. The van der Waals surface area contributed by atoms with Crippen LogP contribution in [0.15, 0.2) is 12.3 Å². The van der Waals surface area contributed by atoms with Gasteiger partial charge in [0.25, 0.3) is 0 Å². The van der Waals surface area contributed by atoms with Crippen LogP contribution in [0.3, 0.4) is 0 Å². The van der Waals surface area contributed by atoms with Gasteiger partial charge in [0.05, 0.1) is 10.4 Å². The number of rotatable bonds is 2. The molecule has 0 aliphatic heterocycles. The van der Waals surface area contributed by atoms with Gasteiger partial charge in [-0.2, -0.15) is 0 Å². The van der Waals surface area contributed by atoms with Gasteiger partial charge in [-0.15, -0.1) is 11.6 Å². The second kappa shape index (κ2) is 5.29. The molecule has 2 heterocycles. The number of imidazole rings is 1. The minimum Gasteiger partial charge on any atom is -0.308 e. The smallest absolute Gasteiger partial charge is 0.160 e. The molecule has 1 atom stereocenters. The monoisotopic (exact) mass is 297 g/mol. The first-order valence-corrected chi connectivity index (χ1v) is 7.65. The molecule has 5 heteroatoms. The van der Waals surface area contributed by atoms with Crippen LogP contribution in [0.1, 0.15) is 56.3 Å². The molecule has 0 saturated heterocycles. The summed E-state index contributed by atoms with van der Waals surface area (Å²) in [4.78, 5) is 9.10. The molecule has 3 nitrogen and oxygen atoms in total. The van der Waals surface area contributed by atoms with Gasteiger partial charge in [0, 0.05) is 12.2 Å². The van der Waals surface area contributed by atoms with Crippen molar-refractivity contribution in [1.82, 2.24) is 14.5 Å². The third-order valence-electron chi connectivity index (χ3n) is 3.82. The summed E-state index contributed by atoms with van der Waals surface area (Å²) in [6.07, 6.45) is 7.93. The third-order valence-corrected chi connectivity index (χ3v) is 4.22. The van der Waals surface area contributed by atoms with E-state index in [9.17, 15) is 0 Å². The number of fused-ring (bicyclic) bond motifs is 1. The highest BCUT2D eigenvalue weighted by Crippen LogP contribution is 2.35. The van der Waals surface area contributed by atoms with Crippen molar-refractivity contribution in [3.63, 3.8) is 0 Å². The average molecular weight is 298 g/mol. The van der Waals surface area contributed by atoms with E-state index in [1.165, 1.54) is 32.1 Å². The highest BCUT2D eigenvalue weighted by molar-refractivity contribution is 6.31. The Bertz CT molecular complexity index is 586. The normalized spacial score (nSPS) is 18.9. The maximum Gasteiger partial charge on any atom is 0.160 e. The molecule has 1 aliphatic rings. The van der Waals surface area contributed by atoms with E-state index in [1.807, 2.05) is 13.0 Å². The number of pyridine rings is 1. The molecule has 3 rings (SSSR count). The van der Waals surface area contributed by atoms with E-state index >= 15 is 0 Å². The molecular formula is C14H17Cl2N3. The summed E-state index contributed by atoms with van der Waals surface area (Å²) in [5.41, 5.74) is 1.76. The molecule has 0 spiro atoms. The van der Waals surface area contributed by atoms with Crippen LogP contribution >= 0.6 is 23.2 Å². The van der Waals surface area contributed by atoms with Crippen LogP contribution in [-0.2, 0) is 0 Å². The molecule has 2 aromatic heterocycles. The topological polar surface area (TPSA) is 30.7 Å². The van der Waals surface area contributed by atoms with E-state index in [0.717, 1.165) is 17.0 Å². The zero-order valence-corrected chi connectivity index (χ0v) is 12.5. The molecular weight excluding hydrogens is 281 g/mol. The van der Waals surface area contributed by atoms with Crippen LogP contribution in [0.25, 0.3) is 11.2 Å². The molecule has 0 N–H and O–H groups in total. The van der Waals surface area contributed by atoms with E-state index in [2.05, 4.69) is 14.5 Å². The van der Waals surface area contributed by atoms with Crippen molar-refractivity contribution in [2.45, 2.75) is 50.4 Å². The van der Waals surface area contributed by atoms with Gasteiger partial charge < -0.3 is 4.57 Å². The zero-order valence-electron chi connectivity index (χ0n) is 10.9. The first-order valence-electron chi connectivity index (χ1n) is 6.84. The van der Waals surface area contributed by atoms with E-state index in [1.54, 1.807) is 6.20 Å². The first kappa shape index (κ1) is 13.2. The predicted octanol–water partition coefficient (Wildman–Crippen LogP) is 4.89. The van der Waals surface area contributed by atoms with Crippen molar-refractivity contribution in [3.8, 4) is 0 Å². The molecule has 0 amide bonds. The SMILES string of the molecule is CC(Cl)c1nc2cc(Cl)cnc2n1C1CCCCC1. The molecule has 19 heavy (non-hydrogen) atoms. The average Bonchev–Trinajstić information content (AvgIpc) is 2.78. The fraction of sp³-hybridized carbons (Fsp3) is 0.571. The lowest BCUT2D eigenvalue weighted by Gasteiger charge is -2.25. The Morgan fingerprint density at radius 3 is 2.74 bits per heavy atom. The van der Waals surface area contributed by atoms with Crippen LogP contribution in [0.5, 0.6) is 0 Å². The van der Waals surface area contributed by atoms with Crippen molar-refractivity contribution in [1.29, 1.82) is 0 Å². The Morgan fingerprint density at radius 1 is 1.32 bits per heavy atom. The number of nitrogens with zero attached hydrogens (tertiary/aromatic N) is 3. The molecule has 1 unspecified atom stereocenters. The number of halogens is 2. The van der Waals surface area contributed by atoms with Gasteiger partial charge in [-0.1, -0.05) is 30.9 Å². The highest BCUT2D eigenvalue weighted by atomic mass is 35.5. The highest BCUT2D eigenvalue weighted by Gasteiger charge is 2.24. The Labute approximate surface area is 122 Å². The predicted molar refractivity (Wildman–Crippen MR) is 78.9 cm³/mol. The summed E-state index contributed by atoms with van der Waals surface area (Å²) in [7, 11) is 0. The second-order valence-electron chi connectivity index (χ2n) is 5.24. The van der Waals surface area contributed by atoms with Crippen LogP contribution < -0.4 is 0 Å². The van der Waals surface area contributed by atoms with Crippen LogP contribution in [0, 0.1) is 0 Å². The van der Waals surface area contributed by atoms with E-state index < -0.39 is 0 Å². The molecule has 0 bridgehead atoms. The lowest BCUT2D eigenvalue weighted by Crippen LogP contribution is -2.16. The largest absolute Gasteiger partial charge is 0.308 e. The summed E-state index contributed by atoms with van der Waals surface area (Å²) < 4.78 is 2.24. The number of hydrogen-bond donors (Lipinski definition) is 0. The minimum absolute atomic E-state index is 0.116. The van der Waals surface area contributed by atoms with Crippen LogP contribution in [0.2, 0.25) is 5.02 Å². The third kappa shape index (κ3) is 2.46. The maximum absolute atomic E-state index is 6.29. The van der Waals surface area contributed by atoms with Crippen molar-refractivity contribution >= 4 is 34.4 Å². The van der Waals surface area contributed by atoms with E-state index in [4.69, 9.17) is 23.2 Å². The summed E-state index contributed by atoms with van der Waals surface area (Å²) in [5.74, 6) is 0.915. The molecule has 2 aromatic rings. The van der Waals surface area contributed by atoms with Crippen molar-refractivity contribution in [2.75, 3.05) is 0 Å². The molecule has 1 fully saturated rings. The lowest BCUT2D eigenvalue weighted by molar-refractivity contribution is 0.351. The van der Waals surface area contributed by atoms with E-state index in [-0.39, 0.29) is 5.38 Å². The Hall–Kier alpha value is -0.800. The Balaban J connectivity index is 2.15. The molecule has 1 saturated carbocycles. The van der Waals surface area contributed by atoms with Crippen LogP contribution in [0.4, 0.5) is 0 Å². The van der Waals surface area contributed by atoms with Crippen LogP contribution in [-0.4, -0.2) is 14.5 Å². The summed E-state index contributed by atoms with van der Waals surface area (Å²) in [5, 5.41) is 0.504.